The van der Waals surface area contributed by atoms with Crippen LogP contribution in [0, 0.1) is 11.8 Å². The normalized spacial score (nSPS) is 32.8. The molecule has 0 aliphatic heterocycles. The molecular formula is C15H17ClN4O2. The van der Waals surface area contributed by atoms with E-state index in [4.69, 9.17) is 11.6 Å². The van der Waals surface area contributed by atoms with Crippen LogP contribution in [-0.2, 0) is 5.60 Å². The van der Waals surface area contributed by atoms with Gasteiger partial charge in [-0.2, -0.15) is 5.10 Å². The molecule has 1 aromatic carbocycles. The highest BCUT2D eigenvalue weighted by Crippen LogP contribution is 2.60. The second kappa shape index (κ2) is 4.60. The molecule has 0 unspecified atom stereocenters. The van der Waals surface area contributed by atoms with E-state index in [-0.39, 0.29) is 12.1 Å². The maximum Gasteiger partial charge on any atom is 0.314 e. The molecule has 2 fully saturated rings. The number of nitrogens with one attached hydrogen (secondary N) is 3. The highest BCUT2D eigenvalue weighted by Gasteiger charge is 2.62. The molecule has 1 heterocycles. The Bertz CT molecular complexity index is 747. The van der Waals surface area contributed by atoms with Gasteiger partial charge in [-0.15, -0.1) is 0 Å². The van der Waals surface area contributed by atoms with Crippen LogP contribution in [-0.4, -0.2) is 34.4 Å². The Kier molecular flexibility index (Phi) is 2.90. The van der Waals surface area contributed by atoms with E-state index in [0.717, 1.165) is 16.5 Å². The molecule has 1 aromatic heterocycles. The fourth-order valence-electron chi connectivity index (χ4n) is 3.91. The third-order valence-corrected chi connectivity index (χ3v) is 5.24. The Morgan fingerprint density at radius 1 is 1.45 bits per heavy atom. The van der Waals surface area contributed by atoms with Gasteiger partial charge in [-0.25, -0.2) is 4.79 Å². The van der Waals surface area contributed by atoms with E-state index in [1.165, 1.54) is 0 Å². The molecule has 2 aliphatic rings. The number of halogens is 1. The average molecular weight is 321 g/mol. The van der Waals surface area contributed by atoms with Crippen LogP contribution in [0.15, 0.2) is 18.3 Å². The van der Waals surface area contributed by atoms with Crippen molar-refractivity contribution in [2.24, 2.45) is 11.8 Å². The van der Waals surface area contributed by atoms with Crippen LogP contribution in [0.5, 0.6) is 0 Å². The zero-order valence-corrected chi connectivity index (χ0v) is 12.8. The Morgan fingerprint density at radius 3 is 2.86 bits per heavy atom. The predicted octanol–water partition coefficient (Wildman–Crippen LogP) is 1.74. The minimum Gasteiger partial charge on any atom is -0.385 e. The number of H-pyrrole nitrogens is 1. The Morgan fingerprint density at radius 2 is 2.18 bits per heavy atom. The predicted molar refractivity (Wildman–Crippen MR) is 82.6 cm³/mol. The summed E-state index contributed by atoms with van der Waals surface area (Å²) in [6, 6.07) is 3.64. The first kappa shape index (κ1) is 13.8. The van der Waals surface area contributed by atoms with Crippen LogP contribution in [0.1, 0.15) is 18.4 Å². The standard InChI is InChI=1S/C15H17ClN4O2/c1-17-14(21)19-13-9-4-15(22,5-10(9)13)11-3-8(16)2-7-6-18-20-12(7)11/h2-3,6,9-10,13,22H,4-5H2,1H3,(H,18,20)(H2,17,19,21)/t9-,10+,13-,15+. The lowest BCUT2D eigenvalue weighted by Gasteiger charge is -2.27. The van der Waals surface area contributed by atoms with Crippen LogP contribution in [0.2, 0.25) is 5.02 Å². The zero-order valence-electron chi connectivity index (χ0n) is 12.1. The summed E-state index contributed by atoms with van der Waals surface area (Å²) in [5.41, 5.74) is 0.730. The Balaban J connectivity index is 1.60. The minimum atomic E-state index is -0.911. The third kappa shape index (κ3) is 1.98. The lowest BCUT2D eigenvalue weighted by molar-refractivity contribution is 0.0297. The number of benzene rings is 1. The molecule has 6 nitrogen and oxygen atoms in total. The number of nitrogens with zero attached hydrogens (tertiary/aromatic N) is 1. The van der Waals surface area contributed by atoms with Crippen molar-refractivity contribution in [3.63, 3.8) is 0 Å². The van der Waals surface area contributed by atoms with E-state index in [1.54, 1.807) is 13.2 Å². The molecule has 2 saturated carbocycles. The molecule has 2 aromatic rings. The van der Waals surface area contributed by atoms with Gasteiger partial charge in [-0.1, -0.05) is 11.6 Å². The molecule has 2 aliphatic carbocycles. The first-order valence-electron chi connectivity index (χ1n) is 7.35. The topological polar surface area (TPSA) is 90.0 Å². The van der Waals surface area contributed by atoms with Crippen molar-refractivity contribution in [2.45, 2.75) is 24.5 Å². The van der Waals surface area contributed by atoms with Crippen molar-refractivity contribution in [1.29, 1.82) is 0 Å². The van der Waals surface area contributed by atoms with Crippen molar-refractivity contribution < 1.29 is 9.90 Å². The fraction of sp³-hybridized carbons (Fsp3) is 0.467. The molecule has 116 valence electrons. The van der Waals surface area contributed by atoms with Crippen molar-refractivity contribution in [2.75, 3.05) is 7.05 Å². The third-order valence-electron chi connectivity index (χ3n) is 5.02. The molecular weight excluding hydrogens is 304 g/mol. The molecule has 0 saturated heterocycles. The van der Waals surface area contributed by atoms with Gasteiger partial charge in [0.15, 0.2) is 0 Å². The number of rotatable bonds is 2. The van der Waals surface area contributed by atoms with E-state index in [9.17, 15) is 9.90 Å². The maximum atomic E-state index is 11.4. The van der Waals surface area contributed by atoms with Crippen molar-refractivity contribution in [1.82, 2.24) is 20.8 Å². The van der Waals surface area contributed by atoms with Gasteiger partial charge < -0.3 is 15.7 Å². The summed E-state index contributed by atoms with van der Waals surface area (Å²) in [4.78, 5) is 11.4. The molecule has 22 heavy (non-hydrogen) atoms. The van der Waals surface area contributed by atoms with Gasteiger partial charge in [0, 0.05) is 29.1 Å². The number of carbonyl (C=O) groups excluding carboxylic acids is 1. The minimum absolute atomic E-state index is 0.164. The number of aromatic amines is 1. The van der Waals surface area contributed by atoms with E-state index >= 15 is 0 Å². The summed E-state index contributed by atoms with van der Waals surface area (Å²) in [5.74, 6) is 0.638. The summed E-state index contributed by atoms with van der Waals surface area (Å²) in [7, 11) is 1.60. The van der Waals surface area contributed by atoms with E-state index in [2.05, 4.69) is 20.8 Å². The molecule has 0 radical (unpaired) electrons. The summed E-state index contributed by atoms with van der Waals surface area (Å²) in [6.45, 7) is 0. The van der Waals surface area contributed by atoms with Crippen LogP contribution in [0.4, 0.5) is 4.79 Å². The number of carbonyl (C=O) groups is 1. The van der Waals surface area contributed by atoms with Gasteiger partial charge in [0.1, 0.15) is 0 Å². The number of aromatic nitrogens is 2. The van der Waals surface area contributed by atoms with Crippen LogP contribution in [0.3, 0.4) is 0 Å². The highest BCUT2D eigenvalue weighted by molar-refractivity contribution is 6.31. The summed E-state index contributed by atoms with van der Waals surface area (Å²) in [6.07, 6.45) is 2.96. The van der Waals surface area contributed by atoms with Crippen molar-refractivity contribution in [3.8, 4) is 0 Å². The van der Waals surface area contributed by atoms with Crippen molar-refractivity contribution in [3.05, 3.63) is 28.9 Å². The summed E-state index contributed by atoms with van der Waals surface area (Å²) >= 11 is 6.17. The molecule has 4 atom stereocenters. The Hall–Kier alpha value is -1.79. The van der Waals surface area contributed by atoms with Gasteiger partial charge in [-0.05, 0) is 36.8 Å². The lowest BCUT2D eigenvalue weighted by Crippen LogP contribution is -2.38. The van der Waals surface area contributed by atoms with Gasteiger partial charge in [-0.3, -0.25) is 5.10 Å². The second-order valence-electron chi connectivity index (χ2n) is 6.30. The molecule has 0 bridgehead atoms. The van der Waals surface area contributed by atoms with Crippen molar-refractivity contribution >= 4 is 28.5 Å². The van der Waals surface area contributed by atoms with Crippen LogP contribution < -0.4 is 10.6 Å². The molecule has 4 N–H and O–H groups in total. The number of urea groups is 1. The fourth-order valence-corrected chi connectivity index (χ4v) is 4.14. The highest BCUT2D eigenvalue weighted by atomic mass is 35.5. The van der Waals surface area contributed by atoms with Crippen LogP contribution >= 0.6 is 11.6 Å². The number of fused-ring (bicyclic) bond motifs is 2. The molecule has 4 rings (SSSR count). The van der Waals surface area contributed by atoms with E-state index in [1.807, 2.05) is 12.1 Å². The second-order valence-corrected chi connectivity index (χ2v) is 6.74. The van der Waals surface area contributed by atoms with Gasteiger partial charge in [0.05, 0.1) is 17.3 Å². The van der Waals surface area contributed by atoms with Gasteiger partial charge in [0.2, 0.25) is 0 Å². The molecule has 2 amide bonds. The number of hydrogen-bond acceptors (Lipinski definition) is 3. The Labute approximate surface area is 132 Å². The average Bonchev–Trinajstić information content (AvgIpc) is 2.86. The lowest BCUT2D eigenvalue weighted by atomic mass is 9.87. The summed E-state index contributed by atoms with van der Waals surface area (Å²) in [5, 5.41) is 25.1. The maximum absolute atomic E-state index is 11.4. The quantitative estimate of drug-likeness (QED) is 0.679. The zero-order chi connectivity index (χ0) is 15.5. The number of hydrogen-bond donors (Lipinski definition) is 4. The van der Waals surface area contributed by atoms with E-state index < -0.39 is 5.60 Å². The molecule has 7 heteroatoms. The largest absolute Gasteiger partial charge is 0.385 e. The van der Waals surface area contributed by atoms with E-state index in [0.29, 0.717) is 29.7 Å². The van der Waals surface area contributed by atoms with Gasteiger partial charge in [0.25, 0.3) is 0 Å². The molecule has 0 spiro atoms. The first-order valence-corrected chi connectivity index (χ1v) is 7.73. The SMILES string of the molecule is CNC(=O)N[C@@H]1[C@@H]2C[C@@](O)(c3cc(Cl)cc4cn[nH]c34)C[C@@H]21. The number of aliphatic hydroxyl groups is 1. The monoisotopic (exact) mass is 320 g/mol. The first-order chi connectivity index (χ1) is 10.5. The smallest absolute Gasteiger partial charge is 0.314 e. The van der Waals surface area contributed by atoms with Gasteiger partial charge >= 0.3 is 6.03 Å². The summed E-state index contributed by atoms with van der Waals surface area (Å²) < 4.78 is 0. The number of amides is 2. The van der Waals surface area contributed by atoms with Crippen LogP contribution in [0.25, 0.3) is 10.9 Å².